The van der Waals surface area contributed by atoms with Crippen molar-refractivity contribution >= 4 is 16.5 Å². The fourth-order valence-corrected chi connectivity index (χ4v) is 3.44. The molecule has 0 bridgehead atoms. The molecular weight excluding hydrogens is 244 g/mol. The molecule has 0 spiro atoms. The molecule has 18 heavy (non-hydrogen) atoms. The predicted molar refractivity (Wildman–Crippen MR) is 77.0 cm³/mol. The van der Waals surface area contributed by atoms with E-state index >= 15 is 0 Å². The standard InChI is InChI=1S/C13H24N4S/c1-4-14-13-16-15-12(18-13)9-17(3)11-7-5-10(2)6-8-11/h10-11H,4-9H2,1-3H3,(H,14,16). The number of anilines is 1. The molecule has 1 aromatic heterocycles. The maximum Gasteiger partial charge on any atom is 0.205 e. The normalized spacial score (nSPS) is 24.4. The highest BCUT2D eigenvalue weighted by Gasteiger charge is 2.22. The monoisotopic (exact) mass is 268 g/mol. The van der Waals surface area contributed by atoms with E-state index < -0.39 is 0 Å². The van der Waals surface area contributed by atoms with Crippen LogP contribution in [0.25, 0.3) is 0 Å². The lowest BCUT2D eigenvalue weighted by Crippen LogP contribution is -2.34. The lowest BCUT2D eigenvalue weighted by atomic mass is 9.87. The molecule has 1 saturated carbocycles. The molecule has 0 saturated heterocycles. The SMILES string of the molecule is CCNc1nnc(CN(C)C2CCC(C)CC2)s1. The van der Waals surface area contributed by atoms with Crippen LogP contribution in [0.1, 0.15) is 44.5 Å². The Morgan fingerprint density at radius 2 is 2.00 bits per heavy atom. The highest BCUT2D eigenvalue weighted by molar-refractivity contribution is 7.15. The van der Waals surface area contributed by atoms with Gasteiger partial charge >= 0.3 is 0 Å². The average molecular weight is 268 g/mol. The van der Waals surface area contributed by atoms with Gasteiger partial charge in [-0.3, -0.25) is 4.90 Å². The number of nitrogens with zero attached hydrogens (tertiary/aromatic N) is 3. The van der Waals surface area contributed by atoms with E-state index in [0.29, 0.717) is 0 Å². The van der Waals surface area contributed by atoms with Gasteiger partial charge in [0, 0.05) is 12.6 Å². The molecule has 1 aliphatic carbocycles. The summed E-state index contributed by atoms with van der Waals surface area (Å²) in [4.78, 5) is 2.45. The summed E-state index contributed by atoms with van der Waals surface area (Å²) in [6.45, 7) is 6.28. The van der Waals surface area contributed by atoms with Crippen LogP contribution in [0.4, 0.5) is 5.13 Å². The molecule has 1 heterocycles. The summed E-state index contributed by atoms with van der Waals surface area (Å²) in [7, 11) is 2.22. The first kappa shape index (κ1) is 13.7. The largest absolute Gasteiger partial charge is 0.360 e. The van der Waals surface area contributed by atoms with Gasteiger partial charge in [-0.25, -0.2) is 0 Å². The second-order valence-electron chi connectivity index (χ2n) is 5.36. The quantitative estimate of drug-likeness (QED) is 0.891. The van der Waals surface area contributed by atoms with E-state index in [4.69, 9.17) is 0 Å². The van der Waals surface area contributed by atoms with Crippen molar-refractivity contribution in [1.82, 2.24) is 15.1 Å². The zero-order valence-corrected chi connectivity index (χ0v) is 12.5. The summed E-state index contributed by atoms with van der Waals surface area (Å²) in [5.74, 6) is 0.913. The molecule has 102 valence electrons. The molecule has 1 fully saturated rings. The lowest BCUT2D eigenvalue weighted by Gasteiger charge is -2.32. The topological polar surface area (TPSA) is 41.1 Å². The van der Waals surface area contributed by atoms with E-state index in [2.05, 4.69) is 41.3 Å². The highest BCUT2D eigenvalue weighted by atomic mass is 32.1. The summed E-state index contributed by atoms with van der Waals surface area (Å²) in [5, 5.41) is 13.7. The molecule has 2 rings (SSSR count). The van der Waals surface area contributed by atoms with Gasteiger partial charge in [-0.05, 0) is 45.6 Å². The van der Waals surface area contributed by atoms with Gasteiger partial charge in [-0.2, -0.15) is 0 Å². The Kier molecular flexibility index (Phi) is 4.95. The smallest absolute Gasteiger partial charge is 0.205 e. The summed E-state index contributed by atoms with van der Waals surface area (Å²) in [5.41, 5.74) is 0. The van der Waals surface area contributed by atoms with Crippen LogP contribution in [-0.2, 0) is 6.54 Å². The Bertz CT molecular complexity index is 358. The van der Waals surface area contributed by atoms with Crippen LogP contribution in [-0.4, -0.2) is 34.7 Å². The van der Waals surface area contributed by atoms with Crippen molar-refractivity contribution < 1.29 is 0 Å². The summed E-state index contributed by atoms with van der Waals surface area (Å²) in [6.07, 6.45) is 5.40. The number of hydrogen-bond acceptors (Lipinski definition) is 5. The zero-order chi connectivity index (χ0) is 13.0. The van der Waals surface area contributed by atoms with Crippen LogP contribution >= 0.6 is 11.3 Å². The summed E-state index contributed by atoms with van der Waals surface area (Å²) >= 11 is 1.68. The van der Waals surface area contributed by atoms with Crippen molar-refractivity contribution in [2.75, 3.05) is 18.9 Å². The van der Waals surface area contributed by atoms with Gasteiger partial charge in [-0.15, -0.1) is 10.2 Å². The number of aromatic nitrogens is 2. The van der Waals surface area contributed by atoms with Crippen LogP contribution in [0.3, 0.4) is 0 Å². The number of hydrogen-bond donors (Lipinski definition) is 1. The molecule has 0 aromatic carbocycles. The maximum absolute atomic E-state index is 4.25. The van der Waals surface area contributed by atoms with Gasteiger partial charge in [0.2, 0.25) is 5.13 Å². The first-order chi connectivity index (χ1) is 8.69. The Morgan fingerprint density at radius 3 is 2.67 bits per heavy atom. The lowest BCUT2D eigenvalue weighted by molar-refractivity contribution is 0.163. The fraction of sp³-hybridized carbons (Fsp3) is 0.846. The zero-order valence-electron chi connectivity index (χ0n) is 11.6. The minimum Gasteiger partial charge on any atom is -0.360 e. The minimum atomic E-state index is 0.729. The molecule has 1 aromatic rings. The van der Waals surface area contributed by atoms with Gasteiger partial charge in [0.1, 0.15) is 5.01 Å². The Morgan fingerprint density at radius 1 is 1.28 bits per heavy atom. The Hall–Kier alpha value is -0.680. The van der Waals surface area contributed by atoms with Crippen LogP contribution in [0.2, 0.25) is 0 Å². The van der Waals surface area contributed by atoms with E-state index in [1.165, 1.54) is 25.7 Å². The molecule has 1 N–H and O–H groups in total. The van der Waals surface area contributed by atoms with Crippen molar-refractivity contribution in [3.05, 3.63) is 5.01 Å². The Balaban J connectivity index is 1.84. The van der Waals surface area contributed by atoms with Gasteiger partial charge in [0.05, 0.1) is 6.54 Å². The number of nitrogens with one attached hydrogen (secondary N) is 1. The second-order valence-corrected chi connectivity index (χ2v) is 6.42. The molecule has 4 nitrogen and oxygen atoms in total. The average Bonchev–Trinajstić information content (AvgIpc) is 2.78. The third-order valence-electron chi connectivity index (χ3n) is 3.79. The fourth-order valence-electron chi connectivity index (χ4n) is 2.57. The summed E-state index contributed by atoms with van der Waals surface area (Å²) in [6, 6.07) is 0.729. The van der Waals surface area contributed by atoms with Crippen LogP contribution in [0.15, 0.2) is 0 Å². The highest BCUT2D eigenvalue weighted by Crippen LogP contribution is 2.27. The minimum absolute atomic E-state index is 0.729. The predicted octanol–water partition coefficient (Wildman–Crippen LogP) is 2.98. The summed E-state index contributed by atoms with van der Waals surface area (Å²) < 4.78 is 0. The van der Waals surface area contributed by atoms with Crippen LogP contribution in [0.5, 0.6) is 0 Å². The van der Waals surface area contributed by atoms with E-state index in [0.717, 1.165) is 35.2 Å². The maximum atomic E-state index is 4.25. The van der Waals surface area contributed by atoms with Crippen LogP contribution in [0, 0.1) is 5.92 Å². The van der Waals surface area contributed by atoms with Crippen molar-refractivity contribution in [3.63, 3.8) is 0 Å². The molecule has 1 aliphatic rings. The Labute approximate surface area is 114 Å². The van der Waals surface area contributed by atoms with E-state index in [1.807, 2.05) is 0 Å². The van der Waals surface area contributed by atoms with E-state index in [9.17, 15) is 0 Å². The van der Waals surface area contributed by atoms with Gasteiger partial charge < -0.3 is 5.32 Å². The first-order valence-corrected chi connectivity index (χ1v) is 7.77. The third kappa shape index (κ3) is 3.65. The van der Waals surface area contributed by atoms with E-state index in [1.54, 1.807) is 11.3 Å². The molecular formula is C13H24N4S. The molecule has 5 heteroatoms. The molecule has 0 unspecified atom stereocenters. The molecule has 0 aliphatic heterocycles. The van der Waals surface area contributed by atoms with Crippen molar-refractivity contribution in [2.45, 2.75) is 52.1 Å². The van der Waals surface area contributed by atoms with Gasteiger partial charge in [0.15, 0.2) is 0 Å². The third-order valence-corrected chi connectivity index (χ3v) is 4.65. The first-order valence-electron chi connectivity index (χ1n) is 6.95. The van der Waals surface area contributed by atoms with Crippen molar-refractivity contribution in [1.29, 1.82) is 0 Å². The number of rotatable bonds is 5. The van der Waals surface area contributed by atoms with Crippen molar-refractivity contribution in [2.24, 2.45) is 5.92 Å². The van der Waals surface area contributed by atoms with Crippen molar-refractivity contribution in [3.8, 4) is 0 Å². The molecule has 0 atom stereocenters. The van der Waals surface area contributed by atoms with E-state index in [-0.39, 0.29) is 0 Å². The van der Waals surface area contributed by atoms with Gasteiger partial charge in [0.25, 0.3) is 0 Å². The van der Waals surface area contributed by atoms with Crippen LogP contribution < -0.4 is 5.32 Å². The van der Waals surface area contributed by atoms with Gasteiger partial charge in [-0.1, -0.05) is 18.3 Å². The molecule has 0 amide bonds. The second kappa shape index (κ2) is 6.48. The molecule has 0 radical (unpaired) electrons.